The Bertz CT molecular complexity index is 718. The smallest absolute Gasteiger partial charge is 0.254 e. The average Bonchev–Trinajstić information content (AvgIpc) is 2.99. The third-order valence-corrected chi connectivity index (χ3v) is 5.53. The molecule has 0 unspecified atom stereocenters. The van der Waals surface area contributed by atoms with Gasteiger partial charge in [0.1, 0.15) is 0 Å². The largest absolute Gasteiger partial charge is 0.352 e. The maximum atomic E-state index is 12.5. The standard InChI is InChI=1S/C19H25BrN4O/c1-14-18(13-22-24(14)17-5-3-16(20)4-6-17)19(25)21-10-7-15-8-11-23(2)12-9-15/h3-6,13,15H,7-12H2,1-2H3,(H,21,25). The molecule has 1 saturated heterocycles. The quantitative estimate of drug-likeness (QED) is 0.830. The van der Waals surface area contributed by atoms with E-state index in [2.05, 4.69) is 38.3 Å². The number of piperidine rings is 1. The summed E-state index contributed by atoms with van der Waals surface area (Å²) in [6, 6.07) is 7.90. The molecule has 0 atom stereocenters. The van der Waals surface area contributed by atoms with E-state index in [1.165, 1.54) is 12.8 Å². The molecule has 134 valence electrons. The second kappa shape index (κ2) is 8.15. The molecule has 0 bridgehead atoms. The second-order valence-electron chi connectivity index (χ2n) is 6.82. The van der Waals surface area contributed by atoms with Crippen LogP contribution >= 0.6 is 15.9 Å². The lowest BCUT2D eigenvalue weighted by Crippen LogP contribution is -2.32. The van der Waals surface area contributed by atoms with Crippen LogP contribution in [0.5, 0.6) is 0 Å². The number of hydrogen-bond acceptors (Lipinski definition) is 3. The molecule has 0 radical (unpaired) electrons. The number of nitrogens with zero attached hydrogens (tertiary/aromatic N) is 3. The highest BCUT2D eigenvalue weighted by atomic mass is 79.9. The number of rotatable bonds is 5. The van der Waals surface area contributed by atoms with E-state index in [1.807, 2.05) is 31.2 Å². The van der Waals surface area contributed by atoms with Gasteiger partial charge in [-0.05, 0) is 76.5 Å². The number of nitrogens with one attached hydrogen (secondary N) is 1. The molecule has 25 heavy (non-hydrogen) atoms. The van der Waals surface area contributed by atoms with Crippen molar-refractivity contribution in [1.82, 2.24) is 20.0 Å². The van der Waals surface area contributed by atoms with Crippen LogP contribution in [0.3, 0.4) is 0 Å². The number of likely N-dealkylation sites (tertiary alicyclic amines) is 1. The van der Waals surface area contributed by atoms with E-state index in [0.717, 1.165) is 47.8 Å². The number of carbonyl (C=O) groups is 1. The van der Waals surface area contributed by atoms with Crippen molar-refractivity contribution in [2.45, 2.75) is 26.2 Å². The van der Waals surface area contributed by atoms with Gasteiger partial charge in [-0.2, -0.15) is 5.10 Å². The zero-order chi connectivity index (χ0) is 17.8. The van der Waals surface area contributed by atoms with Crippen LogP contribution in [0.2, 0.25) is 0 Å². The number of carbonyl (C=O) groups excluding carboxylic acids is 1. The highest BCUT2D eigenvalue weighted by Crippen LogP contribution is 2.19. The Morgan fingerprint density at radius 1 is 1.28 bits per heavy atom. The van der Waals surface area contributed by atoms with Gasteiger partial charge in [-0.25, -0.2) is 4.68 Å². The fraction of sp³-hybridized carbons (Fsp3) is 0.474. The van der Waals surface area contributed by atoms with Crippen LogP contribution in [-0.4, -0.2) is 47.3 Å². The summed E-state index contributed by atoms with van der Waals surface area (Å²) in [6.07, 6.45) is 5.17. The molecule has 1 aliphatic rings. The topological polar surface area (TPSA) is 50.2 Å². The zero-order valence-electron chi connectivity index (χ0n) is 14.8. The Morgan fingerprint density at radius 3 is 2.64 bits per heavy atom. The number of benzene rings is 1. The van der Waals surface area contributed by atoms with Crippen LogP contribution < -0.4 is 5.32 Å². The molecular formula is C19H25BrN4O. The minimum absolute atomic E-state index is 0.0335. The van der Waals surface area contributed by atoms with Gasteiger partial charge in [0.05, 0.1) is 23.1 Å². The lowest BCUT2D eigenvalue weighted by Gasteiger charge is -2.28. The Hall–Kier alpha value is -1.66. The SMILES string of the molecule is Cc1c(C(=O)NCCC2CCN(C)CC2)cnn1-c1ccc(Br)cc1. The third-order valence-electron chi connectivity index (χ3n) is 5.00. The molecule has 1 aromatic carbocycles. The predicted octanol–water partition coefficient (Wildman–Crippen LogP) is 3.40. The number of halogens is 1. The van der Waals surface area contributed by atoms with Gasteiger partial charge in [-0.15, -0.1) is 0 Å². The first-order valence-electron chi connectivity index (χ1n) is 8.82. The summed E-state index contributed by atoms with van der Waals surface area (Å²) >= 11 is 3.43. The zero-order valence-corrected chi connectivity index (χ0v) is 16.4. The van der Waals surface area contributed by atoms with E-state index in [4.69, 9.17) is 0 Å². The molecule has 1 N–H and O–H groups in total. The molecule has 0 spiro atoms. The van der Waals surface area contributed by atoms with Crippen LogP contribution in [0, 0.1) is 12.8 Å². The van der Waals surface area contributed by atoms with Crippen molar-refractivity contribution in [2.75, 3.05) is 26.7 Å². The van der Waals surface area contributed by atoms with Gasteiger partial charge in [0.15, 0.2) is 0 Å². The van der Waals surface area contributed by atoms with Gasteiger partial charge >= 0.3 is 0 Å². The third kappa shape index (κ3) is 4.50. The first kappa shape index (κ1) is 18.1. The van der Waals surface area contributed by atoms with E-state index in [1.54, 1.807) is 10.9 Å². The van der Waals surface area contributed by atoms with Crippen molar-refractivity contribution in [3.8, 4) is 5.69 Å². The van der Waals surface area contributed by atoms with E-state index < -0.39 is 0 Å². The van der Waals surface area contributed by atoms with Crippen molar-refractivity contribution in [3.05, 3.63) is 46.2 Å². The summed E-state index contributed by atoms with van der Waals surface area (Å²) in [6.45, 7) is 4.99. The van der Waals surface area contributed by atoms with E-state index in [9.17, 15) is 4.79 Å². The van der Waals surface area contributed by atoms with Crippen molar-refractivity contribution in [1.29, 1.82) is 0 Å². The Labute approximate surface area is 157 Å². The monoisotopic (exact) mass is 404 g/mol. The van der Waals surface area contributed by atoms with Crippen molar-refractivity contribution < 1.29 is 4.79 Å². The van der Waals surface area contributed by atoms with Crippen molar-refractivity contribution in [2.24, 2.45) is 5.92 Å². The lowest BCUT2D eigenvalue weighted by atomic mass is 9.94. The van der Waals surface area contributed by atoms with Crippen LogP contribution in [0.1, 0.15) is 35.3 Å². The molecule has 3 rings (SSSR count). The number of hydrogen-bond donors (Lipinski definition) is 1. The second-order valence-corrected chi connectivity index (χ2v) is 7.74. The lowest BCUT2D eigenvalue weighted by molar-refractivity contribution is 0.0948. The van der Waals surface area contributed by atoms with Crippen LogP contribution in [-0.2, 0) is 0 Å². The summed E-state index contributed by atoms with van der Waals surface area (Å²) in [5, 5.41) is 7.44. The fourth-order valence-corrected chi connectivity index (χ4v) is 3.58. The first-order valence-corrected chi connectivity index (χ1v) is 9.61. The van der Waals surface area contributed by atoms with E-state index in [-0.39, 0.29) is 5.91 Å². The van der Waals surface area contributed by atoms with Crippen molar-refractivity contribution >= 4 is 21.8 Å². The molecular weight excluding hydrogens is 380 g/mol. The van der Waals surface area contributed by atoms with Crippen LogP contribution in [0.4, 0.5) is 0 Å². The Morgan fingerprint density at radius 2 is 1.96 bits per heavy atom. The molecule has 0 saturated carbocycles. The van der Waals surface area contributed by atoms with Gasteiger partial charge < -0.3 is 10.2 Å². The minimum Gasteiger partial charge on any atom is -0.352 e. The normalized spacial score (nSPS) is 16.1. The summed E-state index contributed by atoms with van der Waals surface area (Å²) in [7, 11) is 2.17. The van der Waals surface area contributed by atoms with Crippen molar-refractivity contribution in [3.63, 3.8) is 0 Å². The summed E-state index contributed by atoms with van der Waals surface area (Å²) in [4.78, 5) is 14.8. The molecule has 1 amide bonds. The molecule has 2 heterocycles. The molecule has 1 fully saturated rings. The number of aromatic nitrogens is 2. The summed E-state index contributed by atoms with van der Waals surface area (Å²) < 4.78 is 2.83. The molecule has 6 heteroatoms. The fourth-order valence-electron chi connectivity index (χ4n) is 3.31. The molecule has 1 aromatic heterocycles. The van der Waals surface area contributed by atoms with Gasteiger partial charge in [-0.3, -0.25) is 4.79 Å². The molecule has 2 aromatic rings. The van der Waals surface area contributed by atoms with E-state index >= 15 is 0 Å². The van der Waals surface area contributed by atoms with Gasteiger partial charge in [0.25, 0.3) is 5.91 Å². The first-order chi connectivity index (χ1) is 12.0. The van der Waals surface area contributed by atoms with Gasteiger partial charge in [-0.1, -0.05) is 15.9 Å². The highest BCUT2D eigenvalue weighted by Gasteiger charge is 2.18. The van der Waals surface area contributed by atoms with Gasteiger partial charge in [0.2, 0.25) is 0 Å². The molecule has 1 aliphatic heterocycles. The Kier molecular flexibility index (Phi) is 5.91. The van der Waals surface area contributed by atoms with E-state index in [0.29, 0.717) is 5.56 Å². The maximum absolute atomic E-state index is 12.5. The maximum Gasteiger partial charge on any atom is 0.254 e. The highest BCUT2D eigenvalue weighted by molar-refractivity contribution is 9.10. The summed E-state index contributed by atoms with van der Waals surface area (Å²) in [5.41, 5.74) is 2.46. The Balaban J connectivity index is 1.56. The summed E-state index contributed by atoms with van der Waals surface area (Å²) in [5.74, 6) is 0.692. The molecule has 0 aliphatic carbocycles. The molecule has 5 nitrogen and oxygen atoms in total. The van der Waals surface area contributed by atoms with Crippen LogP contribution in [0.25, 0.3) is 5.69 Å². The van der Waals surface area contributed by atoms with Gasteiger partial charge in [0, 0.05) is 11.0 Å². The van der Waals surface area contributed by atoms with Crippen LogP contribution in [0.15, 0.2) is 34.9 Å². The minimum atomic E-state index is -0.0335. The predicted molar refractivity (Wildman–Crippen MR) is 103 cm³/mol. The average molecular weight is 405 g/mol. The number of amides is 1.